The van der Waals surface area contributed by atoms with Crippen LogP contribution in [0.5, 0.6) is 0 Å². The number of nitrogens with zero attached hydrogens (tertiary/aromatic N) is 1. The van der Waals surface area contributed by atoms with Crippen molar-refractivity contribution in [2.24, 2.45) is 5.10 Å². The number of carbonyl (C=O) groups excluding carboxylic acids is 1. The van der Waals surface area contributed by atoms with E-state index in [1.165, 1.54) is 6.21 Å². The molecule has 96 valence electrons. The van der Waals surface area contributed by atoms with Gasteiger partial charge in [-0.3, -0.25) is 4.79 Å². The molecule has 2 aromatic carbocycles. The van der Waals surface area contributed by atoms with E-state index in [4.69, 9.17) is 17.3 Å². The summed E-state index contributed by atoms with van der Waals surface area (Å²) in [5.74, 6) is -0.293. The molecule has 2 aromatic rings. The SMILES string of the molecule is Nc1ccc(C(=O)N/N=C/c2cccc(Cl)c2)cc1. The van der Waals surface area contributed by atoms with Crippen molar-refractivity contribution in [2.75, 3.05) is 5.73 Å². The molecule has 5 heteroatoms. The Morgan fingerprint density at radius 2 is 1.95 bits per heavy atom. The second-order valence-electron chi connectivity index (χ2n) is 3.88. The molecular formula is C14H12ClN3O. The number of anilines is 1. The number of hydrazone groups is 1. The second kappa shape index (κ2) is 6.02. The zero-order valence-corrected chi connectivity index (χ0v) is 10.8. The lowest BCUT2D eigenvalue weighted by Crippen LogP contribution is -2.17. The molecule has 0 spiro atoms. The molecule has 0 aliphatic carbocycles. The topological polar surface area (TPSA) is 67.5 Å². The van der Waals surface area contributed by atoms with Gasteiger partial charge in [0.15, 0.2) is 0 Å². The molecule has 0 saturated heterocycles. The number of carbonyl (C=O) groups is 1. The Morgan fingerprint density at radius 3 is 2.63 bits per heavy atom. The first-order valence-electron chi connectivity index (χ1n) is 5.59. The van der Waals surface area contributed by atoms with Crippen LogP contribution in [0.25, 0.3) is 0 Å². The molecule has 0 saturated carbocycles. The van der Waals surface area contributed by atoms with Gasteiger partial charge in [-0.15, -0.1) is 0 Å². The average Bonchev–Trinajstić information content (AvgIpc) is 2.39. The average molecular weight is 274 g/mol. The van der Waals surface area contributed by atoms with E-state index in [0.717, 1.165) is 5.56 Å². The molecule has 0 bridgehead atoms. The maximum atomic E-state index is 11.7. The van der Waals surface area contributed by atoms with Crippen molar-refractivity contribution >= 4 is 29.4 Å². The van der Waals surface area contributed by atoms with Crippen LogP contribution in [0.4, 0.5) is 5.69 Å². The van der Waals surface area contributed by atoms with Gasteiger partial charge in [0, 0.05) is 16.3 Å². The fraction of sp³-hybridized carbons (Fsp3) is 0. The molecule has 0 fully saturated rings. The summed E-state index contributed by atoms with van der Waals surface area (Å²) < 4.78 is 0. The number of nitrogens with one attached hydrogen (secondary N) is 1. The van der Waals surface area contributed by atoms with Crippen LogP contribution < -0.4 is 11.2 Å². The largest absolute Gasteiger partial charge is 0.399 e. The first-order chi connectivity index (χ1) is 9.15. The Balaban J connectivity index is 1.98. The third-order valence-electron chi connectivity index (χ3n) is 2.40. The maximum absolute atomic E-state index is 11.7. The first-order valence-corrected chi connectivity index (χ1v) is 5.97. The smallest absolute Gasteiger partial charge is 0.271 e. The van der Waals surface area contributed by atoms with Crippen molar-refractivity contribution in [3.05, 3.63) is 64.7 Å². The van der Waals surface area contributed by atoms with E-state index < -0.39 is 0 Å². The molecule has 19 heavy (non-hydrogen) atoms. The number of nitrogen functional groups attached to an aromatic ring is 1. The number of hydrogen-bond acceptors (Lipinski definition) is 3. The first kappa shape index (κ1) is 13.1. The molecule has 0 aromatic heterocycles. The van der Waals surface area contributed by atoms with Gasteiger partial charge in [0.2, 0.25) is 0 Å². The van der Waals surface area contributed by atoms with Crippen LogP contribution in [0.1, 0.15) is 15.9 Å². The summed E-state index contributed by atoms with van der Waals surface area (Å²) in [6, 6.07) is 13.8. The standard InChI is InChI=1S/C14H12ClN3O/c15-12-3-1-2-10(8-12)9-17-18-14(19)11-4-6-13(16)7-5-11/h1-9H,16H2,(H,18,19)/b17-9+. The lowest BCUT2D eigenvalue weighted by atomic mass is 10.2. The number of hydrogen-bond donors (Lipinski definition) is 2. The van der Waals surface area contributed by atoms with Crippen molar-refractivity contribution < 1.29 is 4.79 Å². The number of rotatable bonds is 3. The van der Waals surface area contributed by atoms with Gasteiger partial charge in [0.1, 0.15) is 0 Å². The second-order valence-corrected chi connectivity index (χ2v) is 4.31. The Kier molecular flexibility index (Phi) is 4.15. The summed E-state index contributed by atoms with van der Waals surface area (Å²) in [4.78, 5) is 11.7. The summed E-state index contributed by atoms with van der Waals surface area (Å²) in [6.07, 6.45) is 1.53. The Bertz CT molecular complexity index is 608. The lowest BCUT2D eigenvalue weighted by molar-refractivity contribution is 0.0955. The van der Waals surface area contributed by atoms with Gasteiger partial charge in [-0.1, -0.05) is 23.7 Å². The molecular weight excluding hydrogens is 262 g/mol. The highest BCUT2D eigenvalue weighted by Gasteiger charge is 2.02. The molecule has 0 atom stereocenters. The fourth-order valence-electron chi connectivity index (χ4n) is 1.45. The molecule has 4 nitrogen and oxygen atoms in total. The lowest BCUT2D eigenvalue weighted by Gasteiger charge is -2.00. The van der Waals surface area contributed by atoms with Crippen LogP contribution in [-0.4, -0.2) is 12.1 Å². The minimum Gasteiger partial charge on any atom is -0.399 e. The van der Waals surface area contributed by atoms with E-state index in [9.17, 15) is 4.79 Å². The summed E-state index contributed by atoms with van der Waals surface area (Å²) in [5.41, 5.74) is 9.89. The van der Waals surface area contributed by atoms with Crippen molar-refractivity contribution in [3.63, 3.8) is 0 Å². The highest BCUT2D eigenvalue weighted by atomic mass is 35.5. The van der Waals surface area contributed by atoms with Crippen LogP contribution in [0.2, 0.25) is 5.02 Å². The van der Waals surface area contributed by atoms with Crippen molar-refractivity contribution in [2.45, 2.75) is 0 Å². The van der Waals surface area contributed by atoms with E-state index in [1.807, 2.05) is 12.1 Å². The van der Waals surface area contributed by atoms with Gasteiger partial charge >= 0.3 is 0 Å². The van der Waals surface area contributed by atoms with Crippen LogP contribution in [0.3, 0.4) is 0 Å². The molecule has 0 unspecified atom stereocenters. The van der Waals surface area contributed by atoms with Crippen molar-refractivity contribution in [1.82, 2.24) is 5.43 Å². The van der Waals surface area contributed by atoms with Gasteiger partial charge in [-0.25, -0.2) is 5.43 Å². The fourth-order valence-corrected chi connectivity index (χ4v) is 1.65. The van der Waals surface area contributed by atoms with Gasteiger partial charge < -0.3 is 5.73 Å². The van der Waals surface area contributed by atoms with Crippen molar-refractivity contribution in [1.29, 1.82) is 0 Å². The zero-order chi connectivity index (χ0) is 13.7. The van der Waals surface area contributed by atoms with Crippen LogP contribution in [-0.2, 0) is 0 Å². The number of nitrogens with two attached hydrogens (primary N) is 1. The quantitative estimate of drug-likeness (QED) is 0.513. The predicted octanol–water partition coefficient (Wildman–Crippen LogP) is 2.69. The highest BCUT2D eigenvalue weighted by Crippen LogP contribution is 2.09. The van der Waals surface area contributed by atoms with Gasteiger partial charge in [-0.2, -0.15) is 5.10 Å². The monoisotopic (exact) mass is 273 g/mol. The molecule has 0 aliphatic heterocycles. The van der Waals surface area contributed by atoms with Crippen LogP contribution in [0.15, 0.2) is 53.6 Å². The molecule has 1 amide bonds. The third kappa shape index (κ3) is 3.82. The number of amides is 1. The molecule has 0 heterocycles. The van der Waals surface area contributed by atoms with Gasteiger partial charge in [0.05, 0.1) is 6.21 Å². The van der Waals surface area contributed by atoms with E-state index in [0.29, 0.717) is 16.3 Å². The Labute approximate surface area is 115 Å². The van der Waals surface area contributed by atoms with E-state index in [1.54, 1.807) is 36.4 Å². The Hall–Kier alpha value is -2.33. The van der Waals surface area contributed by atoms with E-state index in [-0.39, 0.29) is 5.91 Å². The Morgan fingerprint density at radius 1 is 1.21 bits per heavy atom. The van der Waals surface area contributed by atoms with Gasteiger partial charge in [0.25, 0.3) is 5.91 Å². The molecule has 0 aliphatic rings. The third-order valence-corrected chi connectivity index (χ3v) is 2.64. The summed E-state index contributed by atoms with van der Waals surface area (Å²) in [7, 11) is 0. The summed E-state index contributed by atoms with van der Waals surface area (Å²) in [5, 5.41) is 4.49. The highest BCUT2D eigenvalue weighted by molar-refractivity contribution is 6.30. The van der Waals surface area contributed by atoms with Crippen LogP contribution >= 0.6 is 11.6 Å². The maximum Gasteiger partial charge on any atom is 0.271 e. The summed E-state index contributed by atoms with van der Waals surface area (Å²) >= 11 is 5.84. The van der Waals surface area contributed by atoms with Crippen molar-refractivity contribution in [3.8, 4) is 0 Å². The van der Waals surface area contributed by atoms with E-state index in [2.05, 4.69) is 10.5 Å². The molecule has 2 rings (SSSR count). The van der Waals surface area contributed by atoms with E-state index >= 15 is 0 Å². The minimum absolute atomic E-state index is 0.293. The number of halogens is 1. The zero-order valence-electron chi connectivity index (χ0n) is 10.0. The van der Waals surface area contributed by atoms with Gasteiger partial charge in [-0.05, 0) is 42.0 Å². The number of benzene rings is 2. The minimum atomic E-state index is -0.293. The molecule has 0 radical (unpaired) electrons. The predicted molar refractivity (Wildman–Crippen MR) is 77.4 cm³/mol. The molecule has 3 N–H and O–H groups in total. The van der Waals surface area contributed by atoms with Crippen LogP contribution in [0, 0.1) is 0 Å². The summed E-state index contributed by atoms with van der Waals surface area (Å²) in [6.45, 7) is 0. The normalized spacial score (nSPS) is 10.6.